The number of hydrogen-bond donors (Lipinski definition) is 0. The van der Waals surface area contributed by atoms with Gasteiger partial charge in [-0.1, -0.05) is 24.3 Å². The minimum atomic E-state index is 0.310. The Morgan fingerprint density at radius 3 is 1.74 bits per heavy atom. The first-order valence-corrected chi connectivity index (χ1v) is 8.06. The maximum Gasteiger partial charge on any atom is 0.235 e. The van der Waals surface area contributed by atoms with Crippen molar-refractivity contribution < 1.29 is 13.2 Å². The van der Waals surface area contributed by atoms with Crippen molar-refractivity contribution in [1.82, 2.24) is 0 Å². The van der Waals surface area contributed by atoms with Crippen molar-refractivity contribution in [3.05, 3.63) is 59.7 Å². The fraction of sp³-hybridized carbons (Fsp3) is 0.125. The number of isocyanates is 2. The van der Waals surface area contributed by atoms with E-state index in [0.29, 0.717) is 13.1 Å². The molecule has 0 N–H and O–H groups in total. The summed E-state index contributed by atoms with van der Waals surface area (Å²) < 4.78 is 5.54. The van der Waals surface area contributed by atoms with E-state index < -0.39 is 0 Å². The molecule has 2 aromatic carbocycles. The molecule has 0 aliphatic heterocycles. The molecule has 0 aliphatic rings. The smallest absolute Gasteiger partial charge is 0.235 e. The molecule has 0 aliphatic carbocycles. The van der Waals surface area contributed by atoms with Crippen LogP contribution in [0.3, 0.4) is 0 Å². The molecule has 2 aromatic rings. The monoisotopic (exact) mass is 344 g/mol. The summed E-state index contributed by atoms with van der Waals surface area (Å²) in [5, 5.41) is 0. The molecule has 0 saturated heterocycles. The Hall–Kier alpha value is -2.14. The van der Waals surface area contributed by atoms with E-state index in [0.717, 1.165) is 20.9 Å². The Kier molecular flexibility index (Phi) is 7.33. The van der Waals surface area contributed by atoms with E-state index in [-0.39, 0.29) is 0 Å². The van der Waals surface area contributed by atoms with Gasteiger partial charge in [0.25, 0.3) is 0 Å². The third-order valence-electron chi connectivity index (χ3n) is 2.71. The number of nitrogens with zero attached hydrogens (tertiary/aromatic N) is 2. The first-order valence-electron chi connectivity index (χ1n) is 6.58. The van der Waals surface area contributed by atoms with Gasteiger partial charge in [-0.25, -0.2) is 23.2 Å². The van der Waals surface area contributed by atoms with Crippen LogP contribution in [0.4, 0.5) is 0 Å². The normalized spacial score (nSPS) is 9.74. The second-order valence-electron chi connectivity index (χ2n) is 4.34. The van der Waals surface area contributed by atoms with Gasteiger partial charge in [0.05, 0.1) is 13.1 Å². The molecule has 2 rings (SSSR count). The topological polar surface area (TPSA) is 68.1 Å². The molecule has 0 unspecified atom stereocenters. The molecule has 0 saturated carbocycles. The van der Waals surface area contributed by atoms with Gasteiger partial charge in [0.15, 0.2) is 0 Å². The zero-order chi connectivity index (χ0) is 16.3. The number of carbonyl (C=O) groups excluding carboxylic acids is 2. The quantitative estimate of drug-likeness (QED) is 0.410. The van der Waals surface area contributed by atoms with Gasteiger partial charge in [0.1, 0.15) is 0 Å². The number of rotatable bonds is 8. The first-order chi connectivity index (χ1) is 11.3. The van der Waals surface area contributed by atoms with Crippen molar-refractivity contribution in [2.45, 2.75) is 22.9 Å². The summed E-state index contributed by atoms with van der Waals surface area (Å²) in [4.78, 5) is 29.2. The largest absolute Gasteiger partial charge is 0.237 e. The van der Waals surface area contributed by atoms with Crippen molar-refractivity contribution in [3.8, 4) is 0 Å². The SMILES string of the molecule is O=C=NCc1cccc(SOSc2cccc(CN=C=O)c2)c1. The van der Waals surface area contributed by atoms with Crippen molar-refractivity contribution in [2.24, 2.45) is 9.98 Å². The van der Waals surface area contributed by atoms with Gasteiger partial charge in [-0.05, 0) is 35.4 Å². The van der Waals surface area contributed by atoms with Gasteiger partial charge < -0.3 is 0 Å². The van der Waals surface area contributed by atoms with Gasteiger partial charge in [-0.15, -0.1) is 0 Å². The van der Waals surface area contributed by atoms with Gasteiger partial charge in [-0.3, -0.25) is 0 Å². The molecule has 0 spiro atoms. The second-order valence-corrected chi connectivity index (χ2v) is 6.17. The summed E-state index contributed by atoms with van der Waals surface area (Å²) in [5.41, 5.74) is 1.83. The fourth-order valence-corrected chi connectivity index (χ4v) is 3.17. The minimum Gasteiger partial charge on any atom is -0.237 e. The lowest BCUT2D eigenvalue weighted by atomic mass is 10.2. The minimum absolute atomic E-state index is 0.310. The Balaban J connectivity index is 1.89. The third-order valence-corrected chi connectivity index (χ3v) is 4.15. The maximum atomic E-state index is 10.1. The second kappa shape index (κ2) is 9.79. The maximum absolute atomic E-state index is 10.1. The summed E-state index contributed by atoms with van der Waals surface area (Å²) in [6, 6.07) is 15.2. The van der Waals surface area contributed by atoms with Crippen LogP contribution in [-0.2, 0) is 26.3 Å². The highest BCUT2D eigenvalue weighted by Gasteiger charge is 2.01. The van der Waals surface area contributed by atoms with Gasteiger partial charge in [0.2, 0.25) is 12.2 Å². The predicted molar refractivity (Wildman–Crippen MR) is 89.3 cm³/mol. The lowest BCUT2D eigenvalue weighted by Crippen LogP contribution is -1.83. The molecule has 0 heterocycles. The van der Waals surface area contributed by atoms with Crippen LogP contribution in [0.5, 0.6) is 0 Å². The summed E-state index contributed by atoms with van der Waals surface area (Å²) in [6.07, 6.45) is 3.04. The van der Waals surface area contributed by atoms with E-state index in [1.54, 1.807) is 0 Å². The lowest BCUT2D eigenvalue weighted by molar-refractivity contribution is 0.562. The molecule has 0 bridgehead atoms. The molecule has 0 radical (unpaired) electrons. The average Bonchev–Trinajstić information content (AvgIpc) is 2.59. The van der Waals surface area contributed by atoms with E-state index in [2.05, 4.69) is 9.98 Å². The molecule has 0 fully saturated rings. The Morgan fingerprint density at radius 2 is 1.30 bits per heavy atom. The zero-order valence-electron chi connectivity index (χ0n) is 12.0. The van der Waals surface area contributed by atoms with Crippen LogP contribution in [0.15, 0.2) is 68.3 Å². The molecule has 0 amide bonds. The third kappa shape index (κ3) is 6.24. The van der Waals surface area contributed by atoms with Crippen molar-refractivity contribution in [1.29, 1.82) is 0 Å². The highest BCUT2D eigenvalue weighted by molar-refractivity contribution is 8.07. The number of hydrogen-bond acceptors (Lipinski definition) is 7. The molecule has 7 heteroatoms. The van der Waals surface area contributed by atoms with E-state index in [1.165, 1.54) is 36.2 Å². The molecule has 0 atom stereocenters. The van der Waals surface area contributed by atoms with Crippen LogP contribution in [0, 0.1) is 0 Å². The molecular weight excluding hydrogens is 332 g/mol. The molecule has 5 nitrogen and oxygen atoms in total. The van der Waals surface area contributed by atoms with Crippen molar-refractivity contribution in [2.75, 3.05) is 0 Å². The van der Waals surface area contributed by atoms with Crippen LogP contribution >= 0.6 is 24.1 Å². The zero-order valence-corrected chi connectivity index (χ0v) is 13.6. The highest BCUT2D eigenvalue weighted by Crippen LogP contribution is 2.30. The van der Waals surface area contributed by atoms with Crippen LogP contribution in [-0.4, -0.2) is 12.2 Å². The highest BCUT2D eigenvalue weighted by atomic mass is 32.2. The Morgan fingerprint density at radius 1 is 0.826 bits per heavy atom. The summed E-state index contributed by atoms with van der Waals surface area (Å²) in [7, 11) is 0. The van der Waals surface area contributed by atoms with E-state index in [9.17, 15) is 9.59 Å². The van der Waals surface area contributed by atoms with Crippen LogP contribution < -0.4 is 0 Å². The average molecular weight is 344 g/mol. The van der Waals surface area contributed by atoms with Crippen LogP contribution in [0.1, 0.15) is 11.1 Å². The lowest BCUT2D eigenvalue weighted by Gasteiger charge is -2.04. The Labute approximate surface area is 142 Å². The number of benzene rings is 2. The Bertz CT molecular complexity index is 691. The molecule has 116 valence electrons. The van der Waals surface area contributed by atoms with Crippen LogP contribution in [0.2, 0.25) is 0 Å². The fourth-order valence-electron chi connectivity index (χ4n) is 1.73. The van der Waals surface area contributed by atoms with Gasteiger partial charge in [0, 0.05) is 33.9 Å². The van der Waals surface area contributed by atoms with Gasteiger partial charge >= 0.3 is 0 Å². The molecule has 0 aromatic heterocycles. The van der Waals surface area contributed by atoms with E-state index in [4.69, 9.17) is 3.63 Å². The van der Waals surface area contributed by atoms with Crippen molar-refractivity contribution >= 4 is 36.2 Å². The number of aliphatic imine (C=N–C) groups is 2. The standard InChI is InChI=1S/C16H12N2O3S2/c19-11-17-9-13-3-1-5-15(7-13)22-21-23-16-6-2-4-14(8-16)10-18-12-20/h1-8H,9-10H2. The van der Waals surface area contributed by atoms with Gasteiger partial charge in [-0.2, -0.15) is 0 Å². The van der Waals surface area contributed by atoms with E-state index in [1.807, 2.05) is 48.5 Å². The predicted octanol–water partition coefficient (Wildman–Crippen LogP) is 4.09. The van der Waals surface area contributed by atoms with E-state index >= 15 is 0 Å². The van der Waals surface area contributed by atoms with Crippen LogP contribution in [0.25, 0.3) is 0 Å². The summed E-state index contributed by atoms with van der Waals surface area (Å²) in [5.74, 6) is 0. The molecular formula is C16H12N2O3S2. The summed E-state index contributed by atoms with van der Waals surface area (Å²) in [6.45, 7) is 0.620. The molecule has 23 heavy (non-hydrogen) atoms. The first kappa shape index (κ1) is 17.2. The van der Waals surface area contributed by atoms with Crippen molar-refractivity contribution in [3.63, 3.8) is 0 Å². The summed E-state index contributed by atoms with van der Waals surface area (Å²) >= 11 is 2.45.